The fourth-order valence-corrected chi connectivity index (χ4v) is 2.39. The van der Waals surface area contributed by atoms with E-state index in [0.29, 0.717) is 0 Å². The van der Waals surface area contributed by atoms with Crippen LogP contribution in [0.15, 0.2) is 48.7 Å². The van der Waals surface area contributed by atoms with Crippen LogP contribution >= 0.6 is 0 Å². The summed E-state index contributed by atoms with van der Waals surface area (Å²) in [7, 11) is 1.98. The van der Waals surface area contributed by atoms with Crippen molar-refractivity contribution in [1.29, 1.82) is 0 Å². The lowest BCUT2D eigenvalue weighted by Gasteiger charge is -2.05. The Labute approximate surface area is 107 Å². The number of rotatable bonds is 2. The molecule has 2 aromatic carbocycles. The number of hydrogen-bond acceptors (Lipinski definition) is 1. The van der Waals surface area contributed by atoms with Crippen LogP contribution < -0.4 is 0 Å². The quantitative estimate of drug-likeness (QED) is 0.661. The summed E-state index contributed by atoms with van der Waals surface area (Å²) in [5.74, 6) is 0. The van der Waals surface area contributed by atoms with Crippen molar-refractivity contribution < 1.29 is 0 Å². The van der Waals surface area contributed by atoms with Gasteiger partial charge in [0, 0.05) is 12.4 Å². The Hall–Kier alpha value is -2.09. The van der Waals surface area contributed by atoms with Gasteiger partial charge in [0.2, 0.25) is 0 Å². The average Bonchev–Trinajstić information content (AvgIpc) is 2.81. The van der Waals surface area contributed by atoms with Gasteiger partial charge in [-0.2, -0.15) is 5.10 Å². The van der Waals surface area contributed by atoms with Crippen LogP contribution in [-0.2, 0) is 13.5 Å². The van der Waals surface area contributed by atoms with E-state index in [2.05, 4.69) is 54.5 Å². The maximum atomic E-state index is 4.34. The molecule has 0 unspecified atom stereocenters. The molecule has 0 saturated heterocycles. The molecule has 0 N–H and O–H groups in total. The first kappa shape index (κ1) is 11.0. The van der Waals surface area contributed by atoms with Gasteiger partial charge in [-0.3, -0.25) is 4.68 Å². The summed E-state index contributed by atoms with van der Waals surface area (Å²) in [5, 5.41) is 5.56. The Morgan fingerprint density at radius 1 is 1.11 bits per heavy atom. The van der Waals surface area contributed by atoms with Crippen LogP contribution in [0.2, 0.25) is 0 Å². The van der Waals surface area contributed by atoms with Crippen molar-refractivity contribution in [3.8, 4) is 11.1 Å². The summed E-state index contributed by atoms with van der Waals surface area (Å²) < 4.78 is 1.92. The van der Waals surface area contributed by atoms with Crippen molar-refractivity contribution in [3.63, 3.8) is 0 Å². The largest absolute Gasteiger partial charge is 0.268 e. The number of aromatic nitrogens is 2. The van der Waals surface area contributed by atoms with Crippen LogP contribution in [0.25, 0.3) is 22.0 Å². The number of benzene rings is 2. The fraction of sp³-hybridized carbons (Fsp3) is 0.188. The predicted octanol–water partition coefficient (Wildman–Crippen LogP) is 3.80. The van der Waals surface area contributed by atoms with Gasteiger partial charge in [-0.05, 0) is 29.2 Å². The molecule has 2 heteroatoms. The van der Waals surface area contributed by atoms with Gasteiger partial charge in [-0.25, -0.2) is 0 Å². The Kier molecular flexibility index (Phi) is 2.63. The van der Waals surface area contributed by atoms with Crippen molar-refractivity contribution in [2.45, 2.75) is 13.3 Å². The SMILES string of the molecule is CCc1cccc(-c2cccc3c2cnn3C)c1. The van der Waals surface area contributed by atoms with Crippen LogP contribution in [0.3, 0.4) is 0 Å². The third kappa shape index (κ3) is 1.70. The molecule has 0 aliphatic carbocycles. The number of nitrogens with zero attached hydrogens (tertiary/aromatic N) is 2. The van der Waals surface area contributed by atoms with E-state index < -0.39 is 0 Å². The van der Waals surface area contributed by atoms with Crippen LogP contribution in [0.5, 0.6) is 0 Å². The monoisotopic (exact) mass is 236 g/mol. The molecule has 0 fully saturated rings. The first-order chi connectivity index (χ1) is 8.79. The van der Waals surface area contributed by atoms with E-state index in [4.69, 9.17) is 0 Å². The van der Waals surface area contributed by atoms with Crippen LogP contribution in [0.1, 0.15) is 12.5 Å². The molecular weight excluding hydrogens is 220 g/mol. The van der Waals surface area contributed by atoms with E-state index in [1.807, 2.05) is 17.9 Å². The zero-order chi connectivity index (χ0) is 12.5. The van der Waals surface area contributed by atoms with Crippen molar-refractivity contribution in [3.05, 3.63) is 54.2 Å². The summed E-state index contributed by atoms with van der Waals surface area (Å²) in [6.07, 6.45) is 3.01. The fourth-order valence-electron chi connectivity index (χ4n) is 2.39. The highest BCUT2D eigenvalue weighted by Crippen LogP contribution is 2.28. The van der Waals surface area contributed by atoms with Gasteiger partial charge < -0.3 is 0 Å². The molecule has 1 aromatic heterocycles. The highest BCUT2D eigenvalue weighted by molar-refractivity contribution is 5.94. The van der Waals surface area contributed by atoms with Crippen molar-refractivity contribution >= 4 is 10.9 Å². The van der Waals surface area contributed by atoms with E-state index in [1.54, 1.807) is 0 Å². The molecule has 3 aromatic rings. The lowest BCUT2D eigenvalue weighted by atomic mass is 9.99. The molecule has 0 bridgehead atoms. The van der Waals surface area contributed by atoms with E-state index in [9.17, 15) is 0 Å². The maximum absolute atomic E-state index is 4.34. The summed E-state index contributed by atoms with van der Waals surface area (Å²) >= 11 is 0. The van der Waals surface area contributed by atoms with Crippen molar-refractivity contribution in [2.75, 3.05) is 0 Å². The van der Waals surface area contributed by atoms with E-state index >= 15 is 0 Å². The van der Waals surface area contributed by atoms with E-state index in [-0.39, 0.29) is 0 Å². The Balaban J connectivity index is 2.24. The molecule has 18 heavy (non-hydrogen) atoms. The van der Waals surface area contributed by atoms with E-state index in [1.165, 1.54) is 27.6 Å². The molecule has 3 rings (SSSR count). The minimum atomic E-state index is 1.07. The molecule has 0 atom stereocenters. The van der Waals surface area contributed by atoms with Gasteiger partial charge >= 0.3 is 0 Å². The molecule has 0 amide bonds. The number of fused-ring (bicyclic) bond motifs is 1. The second kappa shape index (κ2) is 4.30. The molecule has 0 radical (unpaired) electrons. The second-order valence-electron chi connectivity index (χ2n) is 4.56. The third-order valence-corrected chi connectivity index (χ3v) is 3.44. The minimum absolute atomic E-state index is 1.07. The molecule has 0 aliphatic rings. The smallest absolute Gasteiger partial charge is 0.0685 e. The average molecular weight is 236 g/mol. The molecule has 90 valence electrons. The van der Waals surface area contributed by atoms with Crippen LogP contribution in [0.4, 0.5) is 0 Å². The summed E-state index contributed by atoms with van der Waals surface area (Å²) in [4.78, 5) is 0. The van der Waals surface area contributed by atoms with Gasteiger partial charge in [0.25, 0.3) is 0 Å². The lowest BCUT2D eigenvalue weighted by molar-refractivity contribution is 0.797. The van der Waals surface area contributed by atoms with Gasteiger partial charge in [-0.15, -0.1) is 0 Å². The zero-order valence-electron chi connectivity index (χ0n) is 10.7. The molecule has 2 nitrogen and oxygen atoms in total. The Bertz CT molecular complexity index is 695. The topological polar surface area (TPSA) is 17.8 Å². The molecule has 0 aliphatic heterocycles. The number of aryl methyl sites for hydroxylation is 2. The standard InChI is InChI=1S/C16H16N2/c1-3-12-6-4-7-13(10-12)14-8-5-9-16-15(14)11-17-18(16)2/h4-11H,3H2,1-2H3. The van der Waals surface area contributed by atoms with Gasteiger partial charge in [0.05, 0.1) is 11.7 Å². The minimum Gasteiger partial charge on any atom is -0.268 e. The maximum Gasteiger partial charge on any atom is 0.0685 e. The number of hydrogen-bond donors (Lipinski definition) is 0. The summed E-state index contributed by atoms with van der Waals surface area (Å²) in [6.45, 7) is 2.18. The molecule has 0 saturated carbocycles. The third-order valence-electron chi connectivity index (χ3n) is 3.44. The Morgan fingerprint density at radius 3 is 2.78 bits per heavy atom. The summed E-state index contributed by atoms with van der Waals surface area (Å²) in [6, 6.07) is 15.1. The van der Waals surface area contributed by atoms with Gasteiger partial charge in [0.1, 0.15) is 0 Å². The summed E-state index contributed by atoms with van der Waals surface area (Å²) in [5.41, 5.74) is 5.08. The van der Waals surface area contributed by atoms with Crippen molar-refractivity contribution in [1.82, 2.24) is 9.78 Å². The zero-order valence-corrected chi connectivity index (χ0v) is 10.7. The first-order valence-corrected chi connectivity index (χ1v) is 6.29. The van der Waals surface area contributed by atoms with Gasteiger partial charge in [0.15, 0.2) is 0 Å². The van der Waals surface area contributed by atoms with E-state index in [0.717, 1.165) is 6.42 Å². The highest BCUT2D eigenvalue weighted by atomic mass is 15.2. The normalized spacial score (nSPS) is 11.0. The molecule has 1 heterocycles. The second-order valence-corrected chi connectivity index (χ2v) is 4.56. The first-order valence-electron chi connectivity index (χ1n) is 6.29. The highest BCUT2D eigenvalue weighted by Gasteiger charge is 2.06. The van der Waals surface area contributed by atoms with Gasteiger partial charge in [-0.1, -0.05) is 43.3 Å². The van der Waals surface area contributed by atoms with Crippen LogP contribution in [-0.4, -0.2) is 9.78 Å². The Morgan fingerprint density at radius 2 is 1.94 bits per heavy atom. The molecule has 0 spiro atoms. The van der Waals surface area contributed by atoms with Crippen LogP contribution in [0, 0.1) is 0 Å². The molecular formula is C16H16N2. The van der Waals surface area contributed by atoms with Crippen molar-refractivity contribution in [2.24, 2.45) is 7.05 Å². The lowest BCUT2D eigenvalue weighted by Crippen LogP contribution is -1.88. The predicted molar refractivity (Wildman–Crippen MR) is 75.5 cm³/mol.